The number of likely N-dealkylation sites (tertiary alicyclic amines) is 1. The largest absolute Gasteiger partial charge is 0.391 e. The fraction of sp³-hybridized carbons (Fsp3) is 0.536. The van der Waals surface area contributed by atoms with Gasteiger partial charge in [0.25, 0.3) is 6.43 Å². The Kier molecular flexibility index (Phi) is 18.1. The molecular formula is C56H72F2N12O8S. The van der Waals surface area contributed by atoms with Crippen molar-refractivity contribution in [1.82, 2.24) is 55.6 Å². The van der Waals surface area contributed by atoms with Crippen molar-refractivity contribution in [2.24, 2.45) is 5.41 Å². The lowest BCUT2D eigenvalue weighted by atomic mass is 9.85. The van der Waals surface area contributed by atoms with Gasteiger partial charge in [-0.05, 0) is 72.4 Å². The molecule has 6 amide bonds. The Morgan fingerprint density at radius 1 is 0.975 bits per heavy atom. The van der Waals surface area contributed by atoms with Crippen LogP contribution in [0.2, 0.25) is 0 Å². The average molecular weight is 1110 g/mol. The zero-order chi connectivity index (χ0) is 56.0. The first-order chi connectivity index (χ1) is 38.0. The van der Waals surface area contributed by atoms with Crippen LogP contribution >= 0.6 is 11.3 Å². The number of aliphatic hydroxyl groups is 1. The number of alkyl halides is 2. The van der Waals surface area contributed by atoms with E-state index in [9.17, 15) is 29.1 Å². The van der Waals surface area contributed by atoms with Gasteiger partial charge in [-0.2, -0.15) is 10.2 Å². The molecule has 0 saturated carbocycles. The minimum absolute atomic E-state index is 0.0132. The Hall–Kier alpha value is -6.82. The molecule has 23 heteroatoms. The van der Waals surface area contributed by atoms with Gasteiger partial charge in [-0.15, -0.1) is 11.3 Å². The molecule has 4 aliphatic rings. The van der Waals surface area contributed by atoms with E-state index in [1.54, 1.807) is 51.9 Å². The lowest BCUT2D eigenvalue weighted by Crippen LogP contribution is -2.57. The van der Waals surface area contributed by atoms with Crippen molar-refractivity contribution in [2.75, 3.05) is 64.6 Å². The molecular weight excluding hydrogens is 1040 g/mol. The average Bonchev–Trinajstić information content (AvgIpc) is 4.47. The smallest absolute Gasteiger partial charge is 0.317 e. The highest BCUT2D eigenvalue weighted by molar-refractivity contribution is 7.13. The maximum atomic E-state index is 15.1. The van der Waals surface area contributed by atoms with E-state index in [4.69, 9.17) is 14.6 Å². The molecule has 2 fully saturated rings. The molecule has 2 aromatic carbocycles. The Morgan fingerprint density at radius 2 is 1.73 bits per heavy atom. The molecule has 79 heavy (non-hydrogen) atoms. The van der Waals surface area contributed by atoms with Crippen LogP contribution in [0.4, 0.5) is 25.1 Å². The van der Waals surface area contributed by atoms with E-state index in [-0.39, 0.29) is 82.2 Å². The van der Waals surface area contributed by atoms with E-state index < -0.39 is 47.7 Å². The number of benzene rings is 2. The minimum atomic E-state index is -2.78. The number of ether oxygens (including phenoxy) is 2. The molecule has 3 atom stereocenters. The number of aryl methyl sites for hydroxylation is 2. The Balaban J connectivity index is 0.736. The monoisotopic (exact) mass is 1110 g/mol. The molecule has 7 heterocycles. The third-order valence-corrected chi connectivity index (χ3v) is 16.2. The molecule has 0 spiro atoms. The number of nitrogens with zero attached hydrogens (tertiary/aromatic N) is 8. The molecule has 0 aliphatic carbocycles. The molecule has 2 saturated heterocycles. The van der Waals surface area contributed by atoms with Crippen LogP contribution in [0.1, 0.15) is 105 Å². The highest BCUT2D eigenvalue weighted by Crippen LogP contribution is 2.44. The molecule has 4 aliphatic heterocycles. The second-order valence-corrected chi connectivity index (χ2v) is 22.6. The van der Waals surface area contributed by atoms with Gasteiger partial charge in [0.2, 0.25) is 23.6 Å². The van der Waals surface area contributed by atoms with Crippen LogP contribution in [0.3, 0.4) is 0 Å². The first-order valence-corrected chi connectivity index (χ1v) is 28.1. The third-order valence-electron chi connectivity index (χ3n) is 15.2. The van der Waals surface area contributed by atoms with Crippen LogP contribution in [-0.2, 0) is 61.1 Å². The Labute approximate surface area is 462 Å². The summed E-state index contributed by atoms with van der Waals surface area (Å²) in [7, 11) is 1.61. The number of thiazole rings is 1. The number of halogens is 2. The number of carbonyl (C=O) groups excluding carboxylic acids is 5. The van der Waals surface area contributed by atoms with Gasteiger partial charge in [0, 0.05) is 113 Å². The predicted octanol–water partition coefficient (Wildman–Crippen LogP) is 5.97. The van der Waals surface area contributed by atoms with Crippen molar-refractivity contribution in [3.63, 3.8) is 0 Å². The lowest BCUT2D eigenvalue weighted by Gasteiger charge is -2.35. The summed E-state index contributed by atoms with van der Waals surface area (Å²) in [5.41, 5.74) is 8.31. The SMILES string of the molecule is CNC(=O)N1CCc2c(c(N3CCCc4cc(-c5cnn(CCNC(=O)CCOCCC(=O)N[C@H](C(=O)N6C[C@H](O)C[C@H]6C(=O)NCc6ccc(-c7scnc7C)cc6)C(C)(C)C)c5)c(C(F)F)cc43)nn2C2CCOCC2)C1. The standard InChI is InChI=1S/C56H72F2N12O8S/c1-34-49(79-33-62-34)36-10-8-35(9-11-36)28-61-53(74)46-26-40(71)31-69(46)54(75)50(56(2,3)4)64-48(73)16-24-78-23-15-47(72)60-17-20-67-30-38(29-63-67)41-25-37-7-6-18-68(45(37)27-42(41)51(57)58)52-43-32-66(55(76)59-5)19-12-44(43)70(65-52)39-13-21-77-22-14-39/h8-11,25,27,29-30,33,39-40,46,50-51,71H,6-7,12-24,26,28,31-32H2,1-5H3,(H,59,76)(H,60,72)(H,61,74)(H,64,73)/t40-,46+,50-/m1/s1. The second-order valence-electron chi connectivity index (χ2n) is 21.8. The summed E-state index contributed by atoms with van der Waals surface area (Å²) in [6, 6.07) is 9.27. The second kappa shape index (κ2) is 25.1. The number of fused-ring (bicyclic) bond motifs is 2. The summed E-state index contributed by atoms with van der Waals surface area (Å²) in [4.78, 5) is 76.9. The molecule has 3 aromatic heterocycles. The van der Waals surface area contributed by atoms with Crippen LogP contribution < -0.4 is 26.2 Å². The van der Waals surface area contributed by atoms with Crippen molar-refractivity contribution >= 4 is 52.5 Å². The summed E-state index contributed by atoms with van der Waals surface area (Å²) in [6.45, 7) is 10.9. The maximum absolute atomic E-state index is 15.1. The topological polar surface area (TPSA) is 230 Å². The van der Waals surface area contributed by atoms with Crippen molar-refractivity contribution in [3.05, 3.63) is 87.9 Å². The number of aliphatic hydroxyl groups excluding tert-OH is 1. The summed E-state index contributed by atoms with van der Waals surface area (Å²) < 4.78 is 45.1. The number of β-amino-alcohol motifs (C(OH)–C–C–N with tert-alkyl or cyclic N) is 1. The number of hydrogen-bond donors (Lipinski definition) is 5. The highest BCUT2D eigenvalue weighted by atomic mass is 32.1. The van der Waals surface area contributed by atoms with E-state index >= 15 is 8.78 Å². The van der Waals surface area contributed by atoms with E-state index in [0.29, 0.717) is 68.3 Å². The normalized spacial score (nSPS) is 18.1. The summed E-state index contributed by atoms with van der Waals surface area (Å²) >= 11 is 1.56. The predicted molar refractivity (Wildman–Crippen MR) is 293 cm³/mol. The van der Waals surface area contributed by atoms with Crippen LogP contribution in [0.5, 0.6) is 0 Å². The molecule has 0 unspecified atom stereocenters. The maximum Gasteiger partial charge on any atom is 0.317 e. The number of carbonyl (C=O) groups is 5. The van der Waals surface area contributed by atoms with Crippen LogP contribution in [0.25, 0.3) is 21.6 Å². The van der Waals surface area contributed by atoms with Crippen LogP contribution in [0.15, 0.2) is 54.3 Å². The third kappa shape index (κ3) is 13.3. The van der Waals surface area contributed by atoms with Crippen molar-refractivity contribution < 1.29 is 47.3 Å². The van der Waals surface area contributed by atoms with E-state index in [2.05, 4.69) is 36.0 Å². The molecule has 5 aromatic rings. The van der Waals surface area contributed by atoms with E-state index in [0.717, 1.165) is 57.8 Å². The zero-order valence-electron chi connectivity index (χ0n) is 45.6. The number of rotatable bonds is 19. The molecule has 424 valence electrons. The summed E-state index contributed by atoms with van der Waals surface area (Å²) in [6.07, 6.45) is 3.30. The van der Waals surface area contributed by atoms with Crippen molar-refractivity contribution in [3.8, 4) is 21.6 Å². The fourth-order valence-electron chi connectivity index (χ4n) is 11.0. The molecule has 5 N–H and O–H groups in total. The fourth-order valence-corrected chi connectivity index (χ4v) is 11.8. The first-order valence-electron chi connectivity index (χ1n) is 27.3. The minimum Gasteiger partial charge on any atom is -0.391 e. The summed E-state index contributed by atoms with van der Waals surface area (Å²) in [5.74, 6) is -0.914. The van der Waals surface area contributed by atoms with Crippen LogP contribution in [0, 0.1) is 12.3 Å². The van der Waals surface area contributed by atoms with Gasteiger partial charge in [-0.3, -0.25) is 28.5 Å². The number of hydrogen-bond acceptors (Lipinski definition) is 13. The van der Waals surface area contributed by atoms with Gasteiger partial charge in [-0.25, -0.2) is 18.6 Å². The number of amides is 6. The number of nitrogens with one attached hydrogen (secondary N) is 4. The van der Waals surface area contributed by atoms with Gasteiger partial charge in [0.1, 0.15) is 12.1 Å². The van der Waals surface area contributed by atoms with Crippen molar-refractivity contribution in [2.45, 2.75) is 129 Å². The number of aromatic nitrogens is 5. The van der Waals surface area contributed by atoms with Gasteiger partial charge in [0.05, 0.1) is 60.7 Å². The van der Waals surface area contributed by atoms with Crippen molar-refractivity contribution in [1.29, 1.82) is 0 Å². The zero-order valence-corrected chi connectivity index (χ0v) is 46.4. The first kappa shape index (κ1) is 56.9. The van der Waals surface area contributed by atoms with Gasteiger partial charge >= 0.3 is 6.03 Å². The van der Waals surface area contributed by atoms with E-state index in [1.165, 1.54) is 4.90 Å². The van der Waals surface area contributed by atoms with Crippen LogP contribution in [-0.4, -0.2) is 147 Å². The van der Waals surface area contributed by atoms with Gasteiger partial charge in [-0.1, -0.05) is 45.0 Å². The lowest BCUT2D eigenvalue weighted by molar-refractivity contribution is -0.144. The van der Waals surface area contributed by atoms with Gasteiger partial charge in [0.15, 0.2) is 5.82 Å². The van der Waals surface area contributed by atoms with E-state index in [1.807, 2.05) is 62.9 Å². The summed E-state index contributed by atoms with van der Waals surface area (Å²) in [5, 5.41) is 31.6. The Bertz CT molecular complexity index is 2990. The van der Waals surface area contributed by atoms with Gasteiger partial charge < -0.3 is 50.5 Å². The molecule has 0 bridgehead atoms. The molecule has 9 rings (SSSR count). The number of anilines is 2. The molecule has 20 nitrogen and oxygen atoms in total. The number of urea groups is 1. The molecule has 0 radical (unpaired) electrons. The Morgan fingerprint density at radius 3 is 2.44 bits per heavy atom. The highest BCUT2D eigenvalue weighted by Gasteiger charge is 2.44. The quantitative estimate of drug-likeness (QED) is 0.0603.